The topological polar surface area (TPSA) is 71.9 Å². The Bertz CT molecular complexity index is 303. The number of nitrogens with zero attached hydrogens (tertiary/aromatic N) is 3. The third kappa shape index (κ3) is 3.54. The molecule has 1 aromatic heterocycles. The fraction of sp³-hybridized carbons (Fsp3) is 0.667. The monoisotopic (exact) mass is 195 g/mol. The largest absolute Gasteiger partial charge is 0.373 e. The van der Waals surface area contributed by atoms with Crippen molar-refractivity contribution in [1.82, 2.24) is 10.1 Å². The van der Waals surface area contributed by atoms with Crippen molar-refractivity contribution in [3.63, 3.8) is 0 Å². The summed E-state index contributed by atoms with van der Waals surface area (Å²) in [5, 5.41) is 12.1. The van der Waals surface area contributed by atoms with Gasteiger partial charge < -0.3 is 9.26 Å². The fourth-order valence-corrected chi connectivity index (χ4v) is 0.921. The highest BCUT2D eigenvalue weighted by atomic mass is 16.5. The molecule has 5 nitrogen and oxygen atoms in total. The Morgan fingerprint density at radius 2 is 2.43 bits per heavy atom. The minimum absolute atomic E-state index is 0.379. The number of hydrogen-bond acceptors (Lipinski definition) is 5. The molecule has 0 aliphatic heterocycles. The first-order valence-corrected chi connectivity index (χ1v) is 4.63. The summed E-state index contributed by atoms with van der Waals surface area (Å²) in [6, 6.07) is 2.02. The lowest BCUT2D eigenvalue weighted by Gasteiger charge is -1.95. The van der Waals surface area contributed by atoms with E-state index in [1.807, 2.05) is 13.0 Å². The minimum Gasteiger partial charge on any atom is -0.373 e. The van der Waals surface area contributed by atoms with Gasteiger partial charge in [-0.15, -0.1) is 0 Å². The number of hydrogen-bond donors (Lipinski definition) is 0. The molecule has 0 aliphatic rings. The van der Waals surface area contributed by atoms with Crippen LogP contribution < -0.4 is 0 Å². The van der Waals surface area contributed by atoms with Crippen LogP contribution in [0.1, 0.15) is 31.5 Å². The maximum atomic E-state index is 8.34. The SMILES string of the molecule is CCCOCc1noc(CCC#N)n1. The molecule has 76 valence electrons. The van der Waals surface area contributed by atoms with Crippen LogP contribution in [-0.4, -0.2) is 16.7 Å². The third-order valence-electron chi connectivity index (χ3n) is 1.54. The highest BCUT2D eigenvalue weighted by molar-refractivity contribution is 4.87. The Morgan fingerprint density at radius 1 is 1.57 bits per heavy atom. The average molecular weight is 195 g/mol. The molecule has 5 heteroatoms. The standard InChI is InChI=1S/C9H13N3O2/c1-2-6-13-7-8-11-9(14-12-8)4-3-5-10/h2-4,6-7H2,1H3. The molecule has 0 radical (unpaired) electrons. The molecule has 0 saturated heterocycles. The van der Waals surface area contributed by atoms with E-state index in [-0.39, 0.29) is 0 Å². The number of nitriles is 1. The molecule has 0 fully saturated rings. The molecule has 0 saturated carbocycles. The van der Waals surface area contributed by atoms with Crippen molar-refractivity contribution < 1.29 is 9.26 Å². The van der Waals surface area contributed by atoms with Gasteiger partial charge in [0.15, 0.2) is 5.82 Å². The molecule has 0 aliphatic carbocycles. The number of rotatable bonds is 6. The second kappa shape index (κ2) is 6.11. The summed E-state index contributed by atoms with van der Waals surface area (Å²) in [6.45, 7) is 3.11. The zero-order chi connectivity index (χ0) is 10.2. The third-order valence-corrected chi connectivity index (χ3v) is 1.54. The molecule has 14 heavy (non-hydrogen) atoms. The van der Waals surface area contributed by atoms with E-state index >= 15 is 0 Å². The molecule has 0 N–H and O–H groups in total. The van der Waals surface area contributed by atoms with E-state index in [4.69, 9.17) is 14.5 Å². The second-order valence-corrected chi connectivity index (χ2v) is 2.82. The number of aromatic nitrogens is 2. The lowest BCUT2D eigenvalue weighted by molar-refractivity contribution is 0.114. The van der Waals surface area contributed by atoms with Gasteiger partial charge >= 0.3 is 0 Å². The van der Waals surface area contributed by atoms with Gasteiger partial charge in [0.1, 0.15) is 6.61 Å². The van der Waals surface area contributed by atoms with E-state index in [1.54, 1.807) is 0 Å². The van der Waals surface area contributed by atoms with Crippen molar-refractivity contribution in [2.75, 3.05) is 6.61 Å². The molecule has 0 unspecified atom stereocenters. The van der Waals surface area contributed by atoms with E-state index in [2.05, 4.69) is 10.1 Å². The van der Waals surface area contributed by atoms with Gasteiger partial charge in [-0.05, 0) is 6.42 Å². The summed E-state index contributed by atoms with van der Waals surface area (Å²) in [6.07, 6.45) is 1.88. The van der Waals surface area contributed by atoms with E-state index < -0.39 is 0 Å². The van der Waals surface area contributed by atoms with Gasteiger partial charge in [-0.1, -0.05) is 12.1 Å². The first-order chi connectivity index (χ1) is 6.86. The van der Waals surface area contributed by atoms with Gasteiger partial charge in [0.2, 0.25) is 5.89 Å². The summed E-state index contributed by atoms with van der Waals surface area (Å²) in [5.74, 6) is 1.05. The van der Waals surface area contributed by atoms with Crippen LogP contribution in [0, 0.1) is 11.3 Å². The van der Waals surface area contributed by atoms with Crippen LogP contribution in [0.15, 0.2) is 4.52 Å². The summed E-state index contributed by atoms with van der Waals surface area (Å²) in [7, 11) is 0. The maximum Gasteiger partial charge on any atom is 0.227 e. The Balaban J connectivity index is 2.32. The maximum absolute atomic E-state index is 8.34. The van der Waals surface area contributed by atoms with Gasteiger partial charge in [0.25, 0.3) is 0 Å². The van der Waals surface area contributed by atoms with E-state index in [9.17, 15) is 0 Å². The fourth-order valence-electron chi connectivity index (χ4n) is 0.921. The van der Waals surface area contributed by atoms with E-state index in [0.717, 1.165) is 6.42 Å². The zero-order valence-corrected chi connectivity index (χ0v) is 8.19. The first kappa shape index (κ1) is 10.7. The lowest BCUT2D eigenvalue weighted by atomic mass is 10.3. The predicted octanol–water partition coefficient (Wildman–Crippen LogP) is 1.45. The smallest absolute Gasteiger partial charge is 0.227 e. The Hall–Kier alpha value is -1.41. The van der Waals surface area contributed by atoms with Crippen LogP contribution in [0.25, 0.3) is 0 Å². The summed E-state index contributed by atoms with van der Waals surface area (Å²) < 4.78 is 10.1. The van der Waals surface area contributed by atoms with Crippen molar-refractivity contribution in [2.45, 2.75) is 32.8 Å². The van der Waals surface area contributed by atoms with Crippen LogP contribution in [0.4, 0.5) is 0 Å². The summed E-state index contributed by atoms with van der Waals surface area (Å²) in [4.78, 5) is 4.07. The van der Waals surface area contributed by atoms with Crippen LogP contribution >= 0.6 is 0 Å². The van der Waals surface area contributed by atoms with E-state index in [1.165, 1.54) is 0 Å². The van der Waals surface area contributed by atoms with Crippen LogP contribution in [0.5, 0.6) is 0 Å². The molecule has 1 aromatic rings. The number of aryl methyl sites for hydroxylation is 1. The van der Waals surface area contributed by atoms with Crippen molar-refractivity contribution in [2.24, 2.45) is 0 Å². The highest BCUT2D eigenvalue weighted by Crippen LogP contribution is 2.01. The Morgan fingerprint density at radius 3 is 3.14 bits per heavy atom. The molecule has 0 spiro atoms. The highest BCUT2D eigenvalue weighted by Gasteiger charge is 2.05. The molecular formula is C9H13N3O2. The lowest BCUT2D eigenvalue weighted by Crippen LogP contribution is -1.96. The molecule has 0 amide bonds. The summed E-state index contributed by atoms with van der Waals surface area (Å²) >= 11 is 0. The average Bonchev–Trinajstić information content (AvgIpc) is 2.63. The van der Waals surface area contributed by atoms with Crippen molar-refractivity contribution >= 4 is 0 Å². The Kier molecular flexibility index (Phi) is 4.65. The quantitative estimate of drug-likeness (QED) is 0.642. The van der Waals surface area contributed by atoms with Gasteiger partial charge in [0.05, 0.1) is 6.07 Å². The molecule has 0 bridgehead atoms. The zero-order valence-electron chi connectivity index (χ0n) is 8.19. The second-order valence-electron chi connectivity index (χ2n) is 2.82. The van der Waals surface area contributed by atoms with Crippen LogP contribution in [0.2, 0.25) is 0 Å². The van der Waals surface area contributed by atoms with Gasteiger partial charge in [-0.25, -0.2) is 0 Å². The summed E-state index contributed by atoms with van der Waals surface area (Å²) in [5.41, 5.74) is 0. The molecule has 1 heterocycles. The number of ether oxygens (including phenoxy) is 1. The van der Waals surface area contributed by atoms with Crippen molar-refractivity contribution in [1.29, 1.82) is 5.26 Å². The van der Waals surface area contributed by atoms with E-state index in [0.29, 0.717) is 37.8 Å². The Labute approximate surface area is 82.7 Å². The molecule has 0 aromatic carbocycles. The van der Waals surface area contributed by atoms with Crippen LogP contribution in [0.3, 0.4) is 0 Å². The molecular weight excluding hydrogens is 182 g/mol. The predicted molar refractivity (Wildman–Crippen MR) is 48.2 cm³/mol. The van der Waals surface area contributed by atoms with Crippen molar-refractivity contribution in [3.8, 4) is 6.07 Å². The van der Waals surface area contributed by atoms with Crippen LogP contribution in [-0.2, 0) is 17.8 Å². The van der Waals surface area contributed by atoms with Gasteiger partial charge in [0, 0.05) is 19.4 Å². The minimum atomic E-state index is 0.379. The van der Waals surface area contributed by atoms with Gasteiger partial charge in [-0.3, -0.25) is 0 Å². The first-order valence-electron chi connectivity index (χ1n) is 4.63. The molecule has 0 atom stereocenters. The molecule has 1 rings (SSSR count). The van der Waals surface area contributed by atoms with Crippen molar-refractivity contribution in [3.05, 3.63) is 11.7 Å². The van der Waals surface area contributed by atoms with Gasteiger partial charge in [-0.2, -0.15) is 10.2 Å². The normalized spacial score (nSPS) is 10.0.